The number of halogens is 8. The summed E-state index contributed by atoms with van der Waals surface area (Å²) < 4.78 is 96.5. The van der Waals surface area contributed by atoms with Crippen LogP contribution in [0.2, 0.25) is 0 Å². The molecule has 10 heteroatoms. The van der Waals surface area contributed by atoms with E-state index in [4.69, 9.17) is 0 Å². The van der Waals surface area contributed by atoms with Crippen molar-refractivity contribution in [1.29, 1.82) is 0 Å². The fourth-order valence-corrected chi connectivity index (χ4v) is 0.612. The maximum Gasteiger partial charge on any atom is 0.455 e. The van der Waals surface area contributed by atoms with E-state index in [0.29, 0.717) is 0 Å². The molecule has 0 N–H and O–H groups in total. The normalized spacial score (nSPS) is 12.2. The maximum absolute atomic E-state index is 11.8. The summed E-state index contributed by atoms with van der Waals surface area (Å²) in [6, 6.07) is 0. The fourth-order valence-electron chi connectivity index (χ4n) is 0.612. The first-order valence-electron chi connectivity index (χ1n) is 3.83. The van der Waals surface area contributed by atoms with Gasteiger partial charge in [0.1, 0.15) is 0 Å². The first-order valence-corrected chi connectivity index (χ1v) is 3.83. The number of ether oxygens (including phenoxy) is 1. The van der Waals surface area contributed by atoms with Crippen LogP contribution in [-0.2, 0) is 9.53 Å². The fraction of sp³-hybridized carbons (Fsp3) is 0.571. The summed E-state index contributed by atoms with van der Waals surface area (Å²) in [5, 5.41) is 0. The summed E-state index contributed by atoms with van der Waals surface area (Å²) >= 11 is 0. The molecule has 0 heterocycles. The lowest BCUT2D eigenvalue weighted by molar-refractivity contribution is -0.169. The molecule has 0 aromatic rings. The second-order valence-electron chi connectivity index (χ2n) is 2.68. The summed E-state index contributed by atoms with van der Waals surface area (Å²) in [6.45, 7) is 0. The van der Waals surface area contributed by atoms with Crippen molar-refractivity contribution in [2.45, 2.75) is 25.2 Å². The molecule has 0 aromatic carbocycles. The Bertz CT molecular complexity index is 309. The summed E-state index contributed by atoms with van der Waals surface area (Å²) in [5.41, 5.74) is 0. The number of hydrogen-bond donors (Lipinski definition) is 0. The number of allylic oxidation sites excluding steroid dienone is 1. The van der Waals surface area contributed by atoms with Crippen LogP contribution in [0.4, 0.5) is 35.1 Å². The molecule has 0 aliphatic carbocycles. The van der Waals surface area contributed by atoms with Crippen LogP contribution in [-0.4, -0.2) is 18.3 Å². The van der Waals surface area contributed by atoms with Crippen LogP contribution in [0.5, 0.6) is 0 Å². The average molecular weight is 272 g/mol. The van der Waals surface area contributed by atoms with Gasteiger partial charge in [-0.3, -0.25) is 4.79 Å². The molecule has 0 fully saturated rings. The topological polar surface area (TPSA) is 26.3 Å². The number of carbonyl (C=O) groups is 1. The van der Waals surface area contributed by atoms with Crippen molar-refractivity contribution in [2.75, 3.05) is 0 Å². The van der Waals surface area contributed by atoms with Crippen molar-refractivity contribution in [3.8, 4) is 0 Å². The second-order valence-corrected chi connectivity index (χ2v) is 2.68. The Kier molecular flexibility index (Phi) is 4.90. The van der Waals surface area contributed by atoms with E-state index < -0.39 is 43.0 Å². The summed E-state index contributed by atoms with van der Waals surface area (Å²) in [4.78, 5) is 10.5. The molecule has 0 spiro atoms. The molecule has 0 aromatic heterocycles. The Morgan fingerprint density at radius 1 is 1.00 bits per heavy atom. The zero-order chi connectivity index (χ0) is 13.9. The van der Waals surface area contributed by atoms with E-state index in [-0.39, 0.29) is 0 Å². The molecule has 2 nitrogen and oxygen atoms in total. The highest BCUT2D eigenvalue weighted by atomic mass is 19.4. The first-order chi connectivity index (χ1) is 7.43. The van der Waals surface area contributed by atoms with Crippen LogP contribution < -0.4 is 0 Å². The van der Waals surface area contributed by atoms with Crippen molar-refractivity contribution in [3.63, 3.8) is 0 Å². The molecular formula is C7H4F8O2. The van der Waals surface area contributed by atoms with Gasteiger partial charge in [0.15, 0.2) is 0 Å². The number of carbonyl (C=O) groups excluding carboxylic acids is 1. The number of alkyl halides is 6. The molecule has 0 saturated heterocycles. The predicted octanol–water partition coefficient (Wildman–Crippen LogP) is 3.54. The van der Waals surface area contributed by atoms with Gasteiger partial charge in [-0.1, -0.05) is 0 Å². The summed E-state index contributed by atoms with van der Waals surface area (Å²) in [6.07, 6.45) is -17.0. The molecular weight excluding hydrogens is 268 g/mol. The molecule has 0 amide bonds. The third kappa shape index (κ3) is 6.74. The molecule has 0 bridgehead atoms. The van der Waals surface area contributed by atoms with Gasteiger partial charge in [-0.15, -0.1) is 0 Å². The highest BCUT2D eigenvalue weighted by molar-refractivity contribution is 5.70. The molecule has 0 unspecified atom stereocenters. The van der Waals surface area contributed by atoms with E-state index in [1.54, 1.807) is 0 Å². The predicted molar refractivity (Wildman–Crippen MR) is 36.7 cm³/mol. The van der Waals surface area contributed by atoms with E-state index >= 15 is 0 Å². The summed E-state index contributed by atoms with van der Waals surface area (Å²) in [7, 11) is 0. The van der Waals surface area contributed by atoms with E-state index in [2.05, 4.69) is 4.74 Å². The van der Waals surface area contributed by atoms with Crippen LogP contribution in [0, 0.1) is 0 Å². The van der Waals surface area contributed by atoms with Gasteiger partial charge in [0.25, 0.3) is 5.76 Å². The molecule has 17 heavy (non-hydrogen) atoms. The van der Waals surface area contributed by atoms with Gasteiger partial charge in [-0.05, 0) is 0 Å². The summed E-state index contributed by atoms with van der Waals surface area (Å²) in [5.74, 6) is -4.94. The van der Waals surface area contributed by atoms with Crippen LogP contribution in [0.25, 0.3) is 0 Å². The van der Waals surface area contributed by atoms with Crippen molar-refractivity contribution in [3.05, 3.63) is 11.8 Å². The van der Waals surface area contributed by atoms with Gasteiger partial charge in [0, 0.05) is 0 Å². The Hall–Kier alpha value is -1.35. The Labute approximate surface area is 88.8 Å². The van der Waals surface area contributed by atoms with Crippen molar-refractivity contribution in [2.24, 2.45) is 0 Å². The van der Waals surface area contributed by atoms with Crippen LogP contribution >= 0.6 is 0 Å². The van der Waals surface area contributed by atoms with Gasteiger partial charge >= 0.3 is 24.4 Å². The lowest BCUT2D eigenvalue weighted by Gasteiger charge is -2.11. The highest BCUT2D eigenvalue weighted by Gasteiger charge is 2.42. The molecule has 0 saturated carbocycles. The zero-order valence-corrected chi connectivity index (χ0v) is 7.75. The smallest absolute Gasteiger partial charge is 0.415 e. The van der Waals surface area contributed by atoms with E-state index in [9.17, 15) is 39.9 Å². The standard InChI is InChI=1S/C7H4F8O2/c8-5(9)4(7(13,14)15)17-3(16)1-2-6(10,11)12/h1-2H2. The molecule has 0 rings (SSSR count). The SMILES string of the molecule is O=C(CCC(F)(F)F)OC(=C(F)F)C(F)(F)F. The minimum Gasteiger partial charge on any atom is -0.415 e. The quantitative estimate of drug-likeness (QED) is 0.446. The number of esters is 1. The lowest BCUT2D eigenvalue weighted by Crippen LogP contribution is -2.20. The van der Waals surface area contributed by atoms with Gasteiger partial charge in [0.2, 0.25) is 0 Å². The van der Waals surface area contributed by atoms with Crippen molar-refractivity contribution < 1.29 is 44.7 Å². The van der Waals surface area contributed by atoms with Gasteiger partial charge in [-0.2, -0.15) is 35.1 Å². The first kappa shape index (κ1) is 15.7. The van der Waals surface area contributed by atoms with E-state index in [0.717, 1.165) is 0 Å². The Morgan fingerprint density at radius 2 is 1.47 bits per heavy atom. The largest absolute Gasteiger partial charge is 0.455 e. The monoisotopic (exact) mass is 272 g/mol. The van der Waals surface area contributed by atoms with Crippen LogP contribution in [0.15, 0.2) is 11.8 Å². The average Bonchev–Trinajstić information content (AvgIpc) is 2.07. The van der Waals surface area contributed by atoms with Gasteiger partial charge < -0.3 is 4.74 Å². The molecule has 0 radical (unpaired) electrons. The van der Waals surface area contributed by atoms with Crippen molar-refractivity contribution >= 4 is 5.97 Å². The Balaban J connectivity index is 4.52. The lowest BCUT2D eigenvalue weighted by atomic mass is 10.3. The number of rotatable bonds is 3. The van der Waals surface area contributed by atoms with Crippen LogP contribution in [0.3, 0.4) is 0 Å². The molecule has 0 aliphatic rings. The zero-order valence-electron chi connectivity index (χ0n) is 7.75. The van der Waals surface area contributed by atoms with Gasteiger partial charge in [-0.25, -0.2) is 0 Å². The molecule has 0 atom stereocenters. The molecule has 0 aliphatic heterocycles. The van der Waals surface area contributed by atoms with Gasteiger partial charge in [0.05, 0.1) is 12.8 Å². The highest BCUT2D eigenvalue weighted by Crippen LogP contribution is 2.31. The van der Waals surface area contributed by atoms with Crippen LogP contribution in [0.1, 0.15) is 12.8 Å². The maximum atomic E-state index is 11.8. The van der Waals surface area contributed by atoms with E-state index in [1.807, 2.05) is 0 Å². The Morgan fingerprint density at radius 3 is 1.76 bits per heavy atom. The second kappa shape index (κ2) is 5.32. The molecule has 100 valence electrons. The minimum absolute atomic E-state index is 1.48. The minimum atomic E-state index is -5.65. The number of hydrogen-bond acceptors (Lipinski definition) is 2. The third-order valence-electron chi connectivity index (χ3n) is 1.26. The third-order valence-corrected chi connectivity index (χ3v) is 1.26. The van der Waals surface area contributed by atoms with E-state index in [1.165, 1.54) is 0 Å². The van der Waals surface area contributed by atoms with Crippen molar-refractivity contribution in [1.82, 2.24) is 0 Å².